The van der Waals surface area contributed by atoms with Crippen LogP contribution in [0.1, 0.15) is 46.1 Å². The zero-order chi connectivity index (χ0) is 17.0. The van der Waals surface area contributed by atoms with E-state index >= 15 is 0 Å². The fourth-order valence-corrected chi connectivity index (χ4v) is 3.11. The molecule has 1 aliphatic rings. The molecule has 128 valence electrons. The van der Waals surface area contributed by atoms with Gasteiger partial charge in [0, 0.05) is 19.1 Å². The highest BCUT2D eigenvalue weighted by atomic mass is 16.5. The van der Waals surface area contributed by atoms with Crippen molar-refractivity contribution in [2.24, 2.45) is 11.7 Å². The Morgan fingerprint density at radius 3 is 2.74 bits per heavy atom. The molecule has 0 aromatic heterocycles. The fourth-order valence-electron chi connectivity index (χ4n) is 3.11. The van der Waals surface area contributed by atoms with Crippen molar-refractivity contribution in [2.75, 3.05) is 19.7 Å². The highest BCUT2D eigenvalue weighted by Gasteiger charge is 2.26. The molecule has 1 fully saturated rings. The number of ether oxygens (including phenoxy) is 1. The van der Waals surface area contributed by atoms with Crippen LogP contribution in [0.5, 0.6) is 5.75 Å². The van der Waals surface area contributed by atoms with Crippen molar-refractivity contribution in [2.45, 2.75) is 52.0 Å². The largest absolute Gasteiger partial charge is 0.483 e. The van der Waals surface area contributed by atoms with E-state index in [0.29, 0.717) is 5.92 Å². The number of hydrogen-bond donors (Lipinski definition) is 1. The molecule has 23 heavy (non-hydrogen) atoms. The molecule has 0 aliphatic carbocycles. The highest BCUT2D eigenvalue weighted by molar-refractivity contribution is 5.78. The summed E-state index contributed by atoms with van der Waals surface area (Å²) < 4.78 is 5.85. The highest BCUT2D eigenvalue weighted by Crippen LogP contribution is 2.31. The Morgan fingerprint density at radius 2 is 2.09 bits per heavy atom. The number of carbonyl (C=O) groups is 1. The van der Waals surface area contributed by atoms with Crippen LogP contribution >= 0.6 is 0 Å². The van der Waals surface area contributed by atoms with Crippen molar-refractivity contribution < 1.29 is 9.53 Å². The lowest BCUT2D eigenvalue weighted by Crippen LogP contribution is -2.46. The number of benzene rings is 1. The van der Waals surface area contributed by atoms with Gasteiger partial charge in [-0.15, -0.1) is 0 Å². The molecule has 4 nitrogen and oxygen atoms in total. The topological polar surface area (TPSA) is 55.6 Å². The monoisotopic (exact) mass is 318 g/mol. The van der Waals surface area contributed by atoms with E-state index in [1.54, 1.807) is 0 Å². The molecule has 1 heterocycles. The van der Waals surface area contributed by atoms with Crippen LogP contribution in [-0.2, 0) is 10.2 Å². The Balaban J connectivity index is 1.97. The number of amides is 1. The van der Waals surface area contributed by atoms with E-state index in [9.17, 15) is 4.79 Å². The third-order valence-corrected chi connectivity index (χ3v) is 4.60. The number of rotatable bonds is 4. The molecule has 1 aromatic rings. The molecule has 1 aliphatic heterocycles. The van der Waals surface area contributed by atoms with Crippen molar-refractivity contribution in [3.63, 3.8) is 0 Å². The molecule has 2 rings (SSSR count). The van der Waals surface area contributed by atoms with Crippen molar-refractivity contribution in [3.8, 4) is 5.75 Å². The van der Waals surface area contributed by atoms with Gasteiger partial charge in [-0.3, -0.25) is 4.79 Å². The Labute approximate surface area is 140 Å². The number of nitrogens with zero attached hydrogens (tertiary/aromatic N) is 1. The predicted molar refractivity (Wildman–Crippen MR) is 93.6 cm³/mol. The second-order valence-corrected chi connectivity index (χ2v) is 7.64. The third kappa shape index (κ3) is 4.71. The lowest BCUT2D eigenvalue weighted by atomic mass is 9.86. The van der Waals surface area contributed by atoms with Gasteiger partial charge in [-0.1, -0.05) is 39.0 Å². The Bertz CT molecular complexity index is 534. The van der Waals surface area contributed by atoms with Crippen LogP contribution in [0.3, 0.4) is 0 Å². The third-order valence-electron chi connectivity index (χ3n) is 4.60. The summed E-state index contributed by atoms with van der Waals surface area (Å²) in [5, 5.41) is 0. The van der Waals surface area contributed by atoms with Gasteiger partial charge in [0.05, 0.1) is 0 Å². The maximum atomic E-state index is 12.5. The van der Waals surface area contributed by atoms with Crippen molar-refractivity contribution in [1.82, 2.24) is 4.90 Å². The van der Waals surface area contributed by atoms with Crippen LogP contribution in [-0.4, -0.2) is 36.5 Å². The van der Waals surface area contributed by atoms with E-state index in [2.05, 4.69) is 26.8 Å². The molecule has 1 amide bonds. The van der Waals surface area contributed by atoms with Gasteiger partial charge in [-0.25, -0.2) is 0 Å². The standard InChI is InChI=1S/C19H30N2O2/c1-14(20)15-8-7-11-21(12-15)18(22)13-23-17-10-6-5-9-16(17)19(2,3)4/h5-6,9-10,14-15H,7-8,11-13,20H2,1-4H3/t14-,15-/m1/s1. The fraction of sp³-hybridized carbons (Fsp3) is 0.632. The van der Waals surface area contributed by atoms with Gasteiger partial charge >= 0.3 is 0 Å². The first-order valence-electron chi connectivity index (χ1n) is 8.54. The summed E-state index contributed by atoms with van der Waals surface area (Å²) in [5.74, 6) is 1.25. The molecule has 0 unspecified atom stereocenters. The minimum absolute atomic E-state index is 0.00909. The summed E-state index contributed by atoms with van der Waals surface area (Å²) in [6.07, 6.45) is 2.13. The van der Waals surface area contributed by atoms with Crippen LogP contribution in [0.25, 0.3) is 0 Å². The van der Waals surface area contributed by atoms with Gasteiger partial charge in [0.2, 0.25) is 0 Å². The minimum Gasteiger partial charge on any atom is -0.483 e. The Morgan fingerprint density at radius 1 is 1.39 bits per heavy atom. The molecule has 4 heteroatoms. The second kappa shape index (κ2) is 7.35. The summed E-state index contributed by atoms with van der Waals surface area (Å²) in [7, 11) is 0. The number of para-hydroxylation sites is 1. The molecular formula is C19H30N2O2. The van der Waals surface area contributed by atoms with Crippen LogP contribution in [0.15, 0.2) is 24.3 Å². The molecule has 1 aromatic carbocycles. The van der Waals surface area contributed by atoms with Crippen LogP contribution in [0.2, 0.25) is 0 Å². The molecule has 0 saturated carbocycles. The lowest BCUT2D eigenvalue weighted by Gasteiger charge is -2.34. The summed E-state index contributed by atoms with van der Waals surface area (Å²) in [4.78, 5) is 14.4. The predicted octanol–water partition coefficient (Wildman–Crippen LogP) is 2.95. The summed E-state index contributed by atoms with van der Waals surface area (Å²) in [6.45, 7) is 10.1. The van der Waals surface area contributed by atoms with E-state index in [4.69, 9.17) is 10.5 Å². The van der Waals surface area contributed by atoms with Crippen LogP contribution in [0, 0.1) is 5.92 Å². The van der Waals surface area contributed by atoms with Crippen molar-refractivity contribution in [1.29, 1.82) is 0 Å². The van der Waals surface area contributed by atoms with Gasteiger partial charge in [0.15, 0.2) is 6.61 Å². The van der Waals surface area contributed by atoms with E-state index < -0.39 is 0 Å². The van der Waals surface area contributed by atoms with Crippen molar-refractivity contribution in [3.05, 3.63) is 29.8 Å². The molecule has 0 spiro atoms. The molecular weight excluding hydrogens is 288 g/mol. The van der Waals surface area contributed by atoms with Gasteiger partial charge in [-0.2, -0.15) is 0 Å². The minimum atomic E-state index is -0.00909. The second-order valence-electron chi connectivity index (χ2n) is 7.64. The zero-order valence-corrected chi connectivity index (χ0v) is 14.8. The van der Waals surface area contributed by atoms with Gasteiger partial charge < -0.3 is 15.4 Å². The molecule has 2 atom stereocenters. The first-order valence-corrected chi connectivity index (χ1v) is 8.54. The average molecular weight is 318 g/mol. The van der Waals surface area contributed by atoms with Gasteiger partial charge in [0.1, 0.15) is 5.75 Å². The number of carbonyl (C=O) groups excluding carboxylic acids is 1. The van der Waals surface area contributed by atoms with Crippen molar-refractivity contribution >= 4 is 5.91 Å². The molecule has 2 N–H and O–H groups in total. The van der Waals surface area contributed by atoms with E-state index in [1.807, 2.05) is 30.0 Å². The maximum Gasteiger partial charge on any atom is 0.260 e. The van der Waals surface area contributed by atoms with Gasteiger partial charge in [0.25, 0.3) is 5.91 Å². The number of piperidine rings is 1. The Kier molecular flexibility index (Phi) is 5.69. The molecule has 1 saturated heterocycles. The normalized spacial score (nSPS) is 20.2. The van der Waals surface area contributed by atoms with E-state index in [0.717, 1.165) is 37.2 Å². The van der Waals surface area contributed by atoms with Gasteiger partial charge in [-0.05, 0) is 42.7 Å². The lowest BCUT2D eigenvalue weighted by molar-refractivity contribution is -0.135. The Hall–Kier alpha value is -1.55. The van der Waals surface area contributed by atoms with E-state index in [-0.39, 0.29) is 24.0 Å². The zero-order valence-electron chi connectivity index (χ0n) is 14.8. The number of likely N-dealkylation sites (tertiary alicyclic amines) is 1. The molecule has 0 radical (unpaired) electrons. The summed E-state index contributed by atoms with van der Waals surface area (Å²) in [5.41, 5.74) is 7.11. The smallest absolute Gasteiger partial charge is 0.260 e. The van der Waals surface area contributed by atoms with Crippen LogP contribution in [0.4, 0.5) is 0 Å². The van der Waals surface area contributed by atoms with E-state index in [1.165, 1.54) is 0 Å². The number of nitrogens with two attached hydrogens (primary N) is 1. The first-order chi connectivity index (χ1) is 10.8. The SMILES string of the molecule is C[C@@H](N)[C@@H]1CCCN(C(=O)COc2ccccc2C(C)(C)C)C1. The average Bonchev–Trinajstić information content (AvgIpc) is 2.52. The summed E-state index contributed by atoms with van der Waals surface area (Å²) >= 11 is 0. The quantitative estimate of drug-likeness (QED) is 0.928. The summed E-state index contributed by atoms with van der Waals surface area (Å²) in [6, 6.07) is 8.09. The molecule has 0 bridgehead atoms. The maximum absolute atomic E-state index is 12.5. The number of hydrogen-bond acceptors (Lipinski definition) is 3. The van der Waals surface area contributed by atoms with Crippen LogP contribution < -0.4 is 10.5 Å². The first kappa shape index (κ1) is 17.8.